The highest BCUT2D eigenvalue weighted by Gasteiger charge is 2.34. The predicted octanol–water partition coefficient (Wildman–Crippen LogP) is 4.21. The molecule has 2 aromatic carbocycles. The molecule has 0 unspecified atom stereocenters. The summed E-state index contributed by atoms with van der Waals surface area (Å²) in [6.45, 7) is 0. The van der Waals surface area contributed by atoms with Gasteiger partial charge in [0.05, 0.1) is 0 Å². The molecule has 0 amide bonds. The smallest absolute Gasteiger partial charge is 0.338 e. The Hall–Kier alpha value is -1.42. The zero-order chi connectivity index (χ0) is 15.0. The molecule has 21 heavy (non-hydrogen) atoms. The fourth-order valence-electron chi connectivity index (χ4n) is 2.58. The van der Waals surface area contributed by atoms with Gasteiger partial charge in [0, 0.05) is 14.2 Å². The Kier molecular flexibility index (Phi) is 6.17. The lowest BCUT2D eigenvalue weighted by Crippen LogP contribution is -2.40. The van der Waals surface area contributed by atoms with Crippen LogP contribution in [0.25, 0.3) is 0 Å². The van der Waals surface area contributed by atoms with Crippen LogP contribution in [0.15, 0.2) is 60.7 Å². The third-order valence-electron chi connectivity index (χ3n) is 4.02. The van der Waals surface area contributed by atoms with Gasteiger partial charge in [-0.1, -0.05) is 60.7 Å². The standard InChI is InChI=1S/C18H24O2Si/c1-19-21(20-2,15-13-17-9-5-3-6-10-17)16-14-18-11-7-4-8-12-18/h3-12H,13-16H2,1-2H3. The second-order valence-corrected chi connectivity index (χ2v) is 8.93. The second kappa shape index (κ2) is 8.13. The topological polar surface area (TPSA) is 18.5 Å². The van der Waals surface area contributed by atoms with Crippen LogP contribution < -0.4 is 0 Å². The van der Waals surface area contributed by atoms with Crippen LogP contribution in [0.3, 0.4) is 0 Å². The summed E-state index contributed by atoms with van der Waals surface area (Å²) >= 11 is 0. The maximum Gasteiger partial charge on any atom is 0.338 e. The van der Waals surface area contributed by atoms with Gasteiger partial charge in [-0.15, -0.1) is 0 Å². The Bertz CT molecular complexity index is 464. The molecule has 0 radical (unpaired) electrons. The summed E-state index contributed by atoms with van der Waals surface area (Å²) in [6.07, 6.45) is 2.03. The average molecular weight is 300 g/mol. The Morgan fingerprint density at radius 1 is 0.667 bits per heavy atom. The summed E-state index contributed by atoms with van der Waals surface area (Å²) in [4.78, 5) is 0. The van der Waals surface area contributed by atoms with Crippen LogP contribution in [0.4, 0.5) is 0 Å². The van der Waals surface area contributed by atoms with Gasteiger partial charge in [-0.2, -0.15) is 0 Å². The molecular formula is C18H24O2Si. The molecule has 0 heterocycles. The van der Waals surface area contributed by atoms with E-state index in [9.17, 15) is 0 Å². The van der Waals surface area contributed by atoms with Crippen LogP contribution in [0.5, 0.6) is 0 Å². The van der Waals surface area contributed by atoms with Gasteiger partial charge in [-0.3, -0.25) is 0 Å². The lowest BCUT2D eigenvalue weighted by Gasteiger charge is -2.27. The van der Waals surface area contributed by atoms with Gasteiger partial charge in [0.15, 0.2) is 0 Å². The predicted molar refractivity (Wildman–Crippen MR) is 89.7 cm³/mol. The Morgan fingerprint density at radius 2 is 1.05 bits per heavy atom. The number of rotatable bonds is 8. The molecule has 0 aliphatic rings. The molecule has 0 bridgehead atoms. The van der Waals surface area contributed by atoms with Crippen molar-refractivity contribution < 1.29 is 8.85 Å². The van der Waals surface area contributed by atoms with E-state index >= 15 is 0 Å². The van der Waals surface area contributed by atoms with Gasteiger partial charge < -0.3 is 8.85 Å². The number of hydrogen-bond donors (Lipinski definition) is 0. The molecule has 0 saturated heterocycles. The number of hydrogen-bond acceptors (Lipinski definition) is 2. The van der Waals surface area contributed by atoms with E-state index < -0.39 is 8.56 Å². The van der Waals surface area contributed by atoms with Gasteiger partial charge in [0.25, 0.3) is 0 Å². The minimum Gasteiger partial charge on any atom is -0.398 e. The van der Waals surface area contributed by atoms with Crippen LogP contribution in [0.1, 0.15) is 11.1 Å². The van der Waals surface area contributed by atoms with Crippen molar-refractivity contribution in [3.8, 4) is 0 Å². The van der Waals surface area contributed by atoms with E-state index in [4.69, 9.17) is 8.85 Å². The Morgan fingerprint density at radius 3 is 1.38 bits per heavy atom. The number of aryl methyl sites for hydroxylation is 2. The lowest BCUT2D eigenvalue weighted by atomic mass is 10.2. The first kappa shape index (κ1) is 16.0. The normalized spacial score (nSPS) is 11.5. The SMILES string of the molecule is CO[Si](CCc1ccccc1)(CCc1ccccc1)OC. The van der Waals surface area contributed by atoms with E-state index in [1.807, 2.05) is 0 Å². The zero-order valence-corrected chi connectivity index (χ0v) is 13.9. The summed E-state index contributed by atoms with van der Waals surface area (Å²) in [6, 6.07) is 23.1. The van der Waals surface area contributed by atoms with E-state index in [0.29, 0.717) is 0 Å². The second-order valence-electron chi connectivity index (χ2n) is 5.29. The number of benzene rings is 2. The van der Waals surface area contributed by atoms with Crippen LogP contribution >= 0.6 is 0 Å². The summed E-state index contributed by atoms with van der Waals surface area (Å²) < 4.78 is 11.7. The zero-order valence-electron chi connectivity index (χ0n) is 12.9. The Balaban J connectivity index is 1.95. The van der Waals surface area contributed by atoms with Gasteiger partial charge in [0.2, 0.25) is 0 Å². The summed E-state index contributed by atoms with van der Waals surface area (Å²) in [5, 5.41) is 0. The molecule has 2 nitrogen and oxygen atoms in total. The van der Waals surface area contributed by atoms with Crippen molar-refractivity contribution in [1.82, 2.24) is 0 Å². The average Bonchev–Trinajstić information content (AvgIpc) is 2.58. The minimum absolute atomic E-state index is 0.997. The van der Waals surface area contributed by atoms with Gasteiger partial charge in [-0.25, -0.2) is 0 Å². The third kappa shape index (κ3) is 4.81. The lowest BCUT2D eigenvalue weighted by molar-refractivity contribution is 0.241. The van der Waals surface area contributed by atoms with Crippen LogP contribution in [0.2, 0.25) is 12.1 Å². The van der Waals surface area contributed by atoms with Gasteiger partial charge >= 0.3 is 8.56 Å². The minimum atomic E-state index is -2.11. The molecule has 0 N–H and O–H groups in total. The van der Waals surface area contributed by atoms with E-state index in [-0.39, 0.29) is 0 Å². The fourth-order valence-corrected chi connectivity index (χ4v) is 5.15. The van der Waals surface area contributed by atoms with E-state index in [1.54, 1.807) is 14.2 Å². The quantitative estimate of drug-likeness (QED) is 0.680. The molecular weight excluding hydrogens is 276 g/mol. The maximum atomic E-state index is 5.85. The summed E-state index contributed by atoms with van der Waals surface area (Å²) in [5.41, 5.74) is 2.70. The monoisotopic (exact) mass is 300 g/mol. The highest BCUT2D eigenvalue weighted by Crippen LogP contribution is 2.22. The first-order valence-corrected chi connectivity index (χ1v) is 9.69. The van der Waals surface area contributed by atoms with Crippen LogP contribution in [-0.4, -0.2) is 22.8 Å². The van der Waals surface area contributed by atoms with E-state index in [0.717, 1.165) is 24.9 Å². The molecule has 2 rings (SSSR count). The van der Waals surface area contributed by atoms with Crippen molar-refractivity contribution in [3.63, 3.8) is 0 Å². The van der Waals surface area contributed by atoms with E-state index in [2.05, 4.69) is 60.7 Å². The van der Waals surface area contributed by atoms with Crippen molar-refractivity contribution in [2.75, 3.05) is 14.2 Å². The molecule has 0 spiro atoms. The molecule has 0 aliphatic carbocycles. The highest BCUT2D eigenvalue weighted by molar-refractivity contribution is 6.67. The van der Waals surface area contributed by atoms with Crippen molar-refractivity contribution in [2.45, 2.75) is 24.9 Å². The Labute approximate surface area is 129 Å². The third-order valence-corrected chi connectivity index (χ3v) is 7.53. The van der Waals surface area contributed by atoms with Crippen LogP contribution in [-0.2, 0) is 21.7 Å². The molecule has 0 aliphatic heterocycles. The first-order valence-electron chi connectivity index (χ1n) is 7.46. The van der Waals surface area contributed by atoms with Crippen molar-refractivity contribution >= 4 is 8.56 Å². The molecule has 0 atom stereocenters. The molecule has 0 fully saturated rings. The molecule has 0 saturated carbocycles. The van der Waals surface area contributed by atoms with Crippen molar-refractivity contribution in [3.05, 3.63) is 71.8 Å². The molecule has 3 heteroatoms. The van der Waals surface area contributed by atoms with Crippen LogP contribution in [0, 0.1) is 0 Å². The first-order chi connectivity index (χ1) is 10.3. The summed E-state index contributed by atoms with van der Waals surface area (Å²) in [7, 11) is 1.49. The van der Waals surface area contributed by atoms with Gasteiger partial charge in [-0.05, 0) is 36.1 Å². The molecule has 2 aromatic rings. The summed E-state index contributed by atoms with van der Waals surface area (Å²) in [5.74, 6) is 0. The molecule has 112 valence electrons. The van der Waals surface area contributed by atoms with Crippen molar-refractivity contribution in [1.29, 1.82) is 0 Å². The molecule has 0 aromatic heterocycles. The van der Waals surface area contributed by atoms with Crippen molar-refractivity contribution in [2.24, 2.45) is 0 Å². The largest absolute Gasteiger partial charge is 0.398 e. The van der Waals surface area contributed by atoms with E-state index in [1.165, 1.54) is 11.1 Å². The van der Waals surface area contributed by atoms with Gasteiger partial charge in [0.1, 0.15) is 0 Å². The highest BCUT2D eigenvalue weighted by atomic mass is 28.4. The fraction of sp³-hybridized carbons (Fsp3) is 0.333. The maximum absolute atomic E-state index is 5.85.